The first kappa shape index (κ1) is 37.2. The zero-order chi connectivity index (χ0) is 33.7. The summed E-state index contributed by atoms with van der Waals surface area (Å²) in [6.45, 7) is 9.53. The Morgan fingerprint density at radius 1 is 1.02 bits per heavy atom. The number of carboxylic acids is 2. The maximum Gasteiger partial charge on any atom is 4.00 e. The van der Waals surface area contributed by atoms with Gasteiger partial charge in [0.05, 0.1) is 0 Å². The zero-order valence-electron chi connectivity index (χ0n) is 26.7. The average molecular weight is 735 g/mol. The molecule has 1 aromatic heterocycles. The predicted octanol–water partition coefficient (Wildman–Crippen LogP) is 5.65. The van der Waals surface area contributed by atoms with Crippen LogP contribution in [-0.2, 0) is 33.1 Å². The molecule has 4 aliphatic rings. The van der Waals surface area contributed by atoms with Crippen LogP contribution >= 0.6 is 37.9 Å². The monoisotopic (exact) mass is 734 g/mol. The van der Waals surface area contributed by atoms with Crippen LogP contribution in [0.5, 0.6) is 0 Å². The first-order chi connectivity index (χ1) is 21.6. The Hall–Kier alpha value is -2.67. The Kier molecular flexibility index (Phi) is 11.4. The number of hydrogen-bond donors (Lipinski definition) is 6. The van der Waals surface area contributed by atoms with E-state index in [9.17, 15) is 24.9 Å². The molecule has 1 saturated heterocycles. The van der Waals surface area contributed by atoms with Crippen molar-refractivity contribution in [2.24, 2.45) is 5.92 Å². The molecule has 8 bridgehead atoms. The topological polar surface area (TPSA) is 151 Å². The predicted molar refractivity (Wildman–Crippen MR) is 190 cm³/mol. The largest absolute Gasteiger partial charge is 4.00 e. The zero-order valence-corrected chi connectivity index (χ0v) is 30.5. The van der Waals surface area contributed by atoms with Crippen LogP contribution in [-0.4, -0.2) is 45.1 Å². The van der Waals surface area contributed by atoms with Crippen molar-refractivity contribution in [3.8, 4) is 0 Å². The number of rotatable bonds is 6. The Bertz CT molecular complexity index is 1830. The summed E-state index contributed by atoms with van der Waals surface area (Å²) in [5.74, 6) is -2.05. The summed E-state index contributed by atoms with van der Waals surface area (Å²) in [5.41, 5.74) is 5.61. The quantitative estimate of drug-likeness (QED) is 0.164. The molecule has 0 spiro atoms. The second-order valence-corrected chi connectivity index (χ2v) is 13.8. The van der Waals surface area contributed by atoms with E-state index in [1.807, 2.05) is 45.9 Å². The fourth-order valence-corrected chi connectivity index (χ4v) is 7.78. The van der Waals surface area contributed by atoms with E-state index in [4.69, 9.17) is 33.6 Å². The molecule has 13 heteroatoms. The second-order valence-electron chi connectivity index (χ2n) is 12.2. The SMILES string of the molecule is CC1=C2C[C@]3(O)[N-]C(=C\C4=C(C)C(CCC(=O)O)[C@@H](/C=c5\[n-]/c(c(C)c5CCC(=O)O)=C\[C@@H]([N-]2)/C1=C(/C)S)[N-]4)/C(=C\S)C/3=C(/C)S.[Fe+4]. The van der Waals surface area contributed by atoms with Gasteiger partial charge in [-0.3, -0.25) is 9.59 Å². The number of thiol groups is 3. The van der Waals surface area contributed by atoms with Crippen molar-refractivity contribution in [2.75, 3.05) is 0 Å². The third-order valence-electron chi connectivity index (χ3n) is 9.20. The molecule has 1 unspecified atom stereocenters. The van der Waals surface area contributed by atoms with Gasteiger partial charge in [0.15, 0.2) is 0 Å². The van der Waals surface area contributed by atoms with Gasteiger partial charge in [-0.05, 0) is 91.7 Å². The molecule has 47 heavy (non-hydrogen) atoms. The summed E-state index contributed by atoms with van der Waals surface area (Å²) >= 11 is 13.9. The molecule has 5 heterocycles. The normalized spacial score (nSPS) is 30.6. The average Bonchev–Trinajstić information content (AvgIpc) is 3.61. The third-order valence-corrected chi connectivity index (χ3v) is 9.92. The van der Waals surface area contributed by atoms with Crippen LogP contribution in [0, 0.1) is 12.8 Å². The van der Waals surface area contributed by atoms with E-state index in [0.29, 0.717) is 50.3 Å². The molecule has 0 radical (unpaired) electrons. The van der Waals surface area contributed by atoms with E-state index >= 15 is 0 Å². The van der Waals surface area contributed by atoms with Gasteiger partial charge in [0, 0.05) is 18.6 Å². The molecule has 0 amide bonds. The minimum atomic E-state index is -1.68. The fraction of sp³-hybridized carbons (Fsp3) is 0.412. The minimum absolute atomic E-state index is 0. The maximum absolute atomic E-state index is 12.2. The molecular weight excluding hydrogens is 696 g/mol. The first-order valence-electron chi connectivity index (χ1n) is 15.1. The smallest absolute Gasteiger partial charge is 0.678 e. The summed E-state index contributed by atoms with van der Waals surface area (Å²) < 4.78 is 0. The Morgan fingerprint density at radius 2 is 1.70 bits per heavy atom. The van der Waals surface area contributed by atoms with Crippen molar-refractivity contribution >= 4 is 62.0 Å². The summed E-state index contributed by atoms with van der Waals surface area (Å²) in [5, 5.41) is 49.1. The summed E-state index contributed by atoms with van der Waals surface area (Å²) in [7, 11) is 0. The van der Waals surface area contributed by atoms with E-state index in [-0.39, 0.29) is 48.7 Å². The van der Waals surface area contributed by atoms with Crippen molar-refractivity contribution in [3.63, 3.8) is 0 Å². The minimum Gasteiger partial charge on any atom is -0.678 e. The van der Waals surface area contributed by atoms with Crippen LogP contribution in [0.2, 0.25) is 0 Å². The van der Waals surface area contributed by atoms with Crippen molar-refractivity contribution in [3.05, 3.63) is 104 Å². The number of allylic oxidation sites excluding steroid dienone is 4. The summed E-state index contributed by atoms with van der Waals surface area (Å²) in [4.78, 5) is 29.6. The standard InChI is InChI=1S/C34H38N4O5S3.Fe/c1-15-20(6-8-30(39)40)25-12-26-21(7-9-31(41)42)16(2)24(36-26)11-28-32(18(4)45)17(3)29(37-28)13-34(43)33(19(5)46)22(14-44)27(38-34)10-23(15)35-25;/h10-12,14,20,25,28,43-46H,6-9,13H2,1-5H3,(H,39,40)(H,41,42);/q-4;+4/b22-14+,24-11-,26-12-,27-10-,32-18-,33-19+;/t20?,25-,28-,34-;/m1./s1. The molecule has 0 aromatic carbocycles. The van der Waals surface area contributed by atoms with E-state index in [1.54, 1.807) is 12.3 Å². The van der Waals surface area contributed by atoms with Gasteiger partial charge in [0.1, 0.15) is 0 Å². The molecule has 4 atom stereocenters. The van der Waals surface area contributed by atoms with Gasteiger partial charge in [-0.25, -0.2) is 0 Å². The Labute approximate surface area is 301 Å². The van der Waals surface area contributed by atoms with Crippen LogP contribution in [0.4, 0.5) is 0 Å². The first-order valence-corrected chi connectivity index (χ1v) is 16.5. The molecule has 250 valence electrons. The number of hydrogen-bond acceptors (Lipinski definition) is 6. The van der Waals surface area contributed by atoms with E-state index in [0.717, 1.165) is 32.8 Å². The van der Waals surface area contributed by atoms with Crippen LogP contribution in [0.3, 0.4) is 0 Å². The van der Waals surface area contributed by atoms with E-state index in [1.165, 1.54) is 0 Å². The van der Waals surface area contributed by atoms with Crippen molar-refractivity contribution < 1.29 is 42.0 Å². The van der Waals surface area contributed by atoms with Crippen LogP contribution < -0.4 is 15.7 Å². The maximum atomic E-state index is 12.2. The summed E-state index contributed by atoms with van der Waals surface area (Å²) in [6.07, 6.45) is 6.30. The second kappa shape index (κ2) is 14.4. The van der Waals surface area contributed by atoms with Crippen molar-refractivity contribution in [2.45, 2.75) is 84.5 Å². The number of aromatic nitrogens is 1. The van der Waals surface area contributed by atoms with Gasteiger partial charge in [0.25, 0.3) is 0 Å². The molecular formula is C34H38FeN4O5S3. The molecule has 0 saturated carbocycles. The molecule has 4 aliphatic heterocycles. The Morgan fingerprint density at radius 3 is 2.30 bits per heavy atom. The van der Waals surface area contributed by atoms with Gasteiger partial charge < -0.3 is 36.3 Å². The van der Waals surface area contributed by atoms with Gasteiger partial charge in [0.2, 0.25) is 0 Å². The number of nitrogens with zero attached hydrogens (tertiary/aromatic N) is 4. The number of carbonyl (C=O) groups is 2. The molecule has 0 aliphatic carbocycles. The molecule has 1 aromatic rings. The van der Waals surface area contributed by atoms with Gasteiger partial charge in [-0.15, -0.1) is 59.5 Å². The number of aliphatic hydroxyl groups is 1. The fourth-order valence-electron chi connectivity index (χ4n) is 6.92. The van der Waals surface area contributed by atoms with Gasteiger partial charge in [-0.2, -0.15) is 18.3 Å². The number of aliphatic carboxylic acids is 2. The van der Waals surface area contributed by atoms with Crippen LogP contribution in [0.15, 0.2) is 66.3 Å². The molecule has 5 rings (SSSR count). The van der Waals surface area contributed by atoms with Crippen molar-refractivity contribution in [1.82, 2.24) is 4.98 Å². The molecule has 9 nitrogen and oxygen atoms in total. The summed E-state index contributed by atoms with van der Waals surface area (Å²) in [6, 6.07) is -0.884. The van der Waals surface area contributed by atoms with E-state index < -0.39 is 29.7 Å². The van der Waals surface area contributed by atoms with Crippen LogP contribution in [0.25, 0.3) is 28.1 Å². The van der Waals surface area contributed by atoms with Gasteiger partial charge in [-0.1, -0.05) is 40.4 Å². The van der Waals surface area contributed by atoms with E-state index in [2.05, 4.69) is 25.3 Å². The van der Waals surface area contributed by atoms with Crippen molar-refractivity contribution in [1.29, 1.82) is 0 Å². The number of fused-ring (bicyclic) bond motifs is 8. The molecule has 3 N–H and O–H groups in total. The van der Waals surface area contributed by atoms with Gasteiger partial charge >= 0.3 is 29.0 Å². The molecule has 1 fully saturated rings. The van der Waals surface area contributed by atoms with Crippen LogP contribution in [0.1, 0.15) is 64.5 Å². The third kappa shape index (κ3) is 7.21. The Balaban J connectivity index is 0.00000500. The number of carboxylic acid groups (broad SMARTS) is 2.